The van der Waals surface area contributed by atoms with Crippen molar-refractivity contribution in [3.05, 3.63) is 60.2 Å². The van der Waals surface area contributed by atoms with Gasteiger partial charge in [0.2, 0.25) is 10.0 Å². The fourth-order valence-corrected chi connectivity index (χ4v) is 2.97. The third kappa shape index (κ3) is 6.12. The highest BCUT2D eigenvalue weighted by molar-refractivity contribution is 7.89. The van der Waals surface area contributed by atoms with Crippen molar-refractivity contribution >= 4 is 27.6 Å². The molecule has 0 spiro atoms. The maximum atomic E-state index is 13.1. The number of carbonyl (C=O) groups is 2. The molecule has 0 saturated heterocycles. The zero-order valence-electron chi connectivity index (χ0n) is 14.1. The van der Waals surface area contributed by atoms with Gasteiger partial charge in [-0.25, -0.2) is 17.2 Å². The molecule has 2 aromatic carbocycles. The molecule has 2 N–H and O–H groups in total. The molecule has 0 radical (unpaired) electrons. The minimum Gasteiger partial charge on any atom is -0.452 e. The lowest BCUT2D eigenvalue weighted by molar-refractivity contribution is -0.151. The molecule has 10 heteroatoms. The van der Waals surface area contributed by atoms with Crippen LogP contribution in [0.15, 0.2) is 53.4 Å². The summed E-state index contributed by atoms with van der Waals surface area (Å²) in [5, 5.41) is 2.36. The van der Waals surface area contributed by atoms with Crippen LogP contribution in [0.3, 0.4) is 0 Å². The van der Waals surface area contributed by atoms with Gasteiger partial charge in [0.25, 0.3) is 5.91 Å². The van der Waals surface area contributed by atoms with Gasteiger partial charge in [-0.2, -0.15) is 4.72 Å². The van der Waals surface area contributed by atoms with Gasteiger partial charge in [0.1, 0.15) is 18.2 Å². The van der Waals surface area contributed by atoms with E-state index >= 15 is 0 Å². The van der Waals surface area contributed by atoms with Crippen LogP contribution in [-0.2, 0) is 24.3 Å². The zero-order chi connectivity index (χ0) is 20.0. The second kappa shape index (κ2) is 8.69. The van der Waals surface area contributed by atoms with E-state index in [1.54, 1.807) is 0 Å². The Morgan fingerprint density at radius 2 is 1.70 bits per heavy atom. The highest BCUT2D eigenvalue weighted by atomic mass is 32.2. The number of amides is 1. The van der Waals surface area contributed by atoms with Crippen molar-refractivity contribution in [3.63, 3.8) is 0 Å². The number of hydrogen-bond donors (Lipinski definition) is 2. The minimum absolute atomic E-state index is 0.176. The summed E-state index contributed by atoms with van der Waals surface area (Å²) in [5.41, 5.74) is 0.176. The third-order valence-electron chi connectivity index (χ3n) is 3.28. The van der Waals surface area contributed by atoms with Gasteiger partial charge in [0.15, 0.2) is 6.10 Å². The summed E-state index contributed by atoms with van der Waals surface area (Å²) in [4.78, 5) is 23.3. The fourth-order valence-electron chi connectivity index (χ4n) is 1.97. The van der Waals surface area contributed by atoms with Gasteiger partial charge in [-0.3, -0.25) is 9.59 Å². The van der Waals surface area contributed by atoms with Gasteiger partial charge in [-0.15, -0.1) is 0 Å². The van der Waals surface area contributed by atoms with Crippen molar-refractivity contribution in [3.8, 4) is 0 Å². The molecule has 0 fully saturated rings. The first-order valence-corrected chi connectivity index (χ1v) is 9.17. The van der Waals surface area contributed by atoms with E-state index in [0.29, 0.717) is 0 Å². The molecule has 1 amide bonds. The van der Waals surface area contributed by atoms with E-state index in [9.17, 15) is 26.8 Å². The van der Waals surface area contributed by atoms with Crippen molar-refractivity contribution in [2.45, 2.75) is 17.9 Å². The quantitative estimate of drug-likeness (QED) is 0.693. The Morgan fingerprint density at radius 3 is 2.33 bits per heavy atom. The summed E-state index contributed by atoms with van der Waals surface area (Å²) in [6.45, 7) is 0.518. The Bertz CT molecular complexity index is 950. The van der Waals surface area contributed by atoms with E-state index in [1.807, 2.05) is 4.72 Å². The number of carbonyl (C=O) groups excluding carboxylic acids is 2. The molecule has 1 atom stereocenters. The normalized spacial score (nSPS) is 12.3. The van der Waals surface area contributed by atoms with Crippen LogP contribution in [-0.4, -0.2) is 32.9 Å². The standard InChI is InChI=1S/C17H16F2N2O5S/c1-11(17(23)21-14-6-2-4-12(18)8-14)26-16(22)10-20-27(24,25)15-7-3-5-13(19)9-15/h2-9,11,20H,10H2,1H3,(H,21,23)/t11-/m1/s1. The summed E-state index contributed by atoms with van der Waals surface area (Å²) in [6, 6.07) is 9.36. The lowest BCUT2D eigenvalue weighted by Gasteiger charge is -2.14. The van der Waals surface area contributed by atoms with E-state index in [1.165, 1.54) is 31.2 Å². The van der Waals surface area contributed by atoms with Crippen LogP contribution in [0.4, 0.5) is 14.5 Å². The van der Waals surface area contributed by atoms with E-state index < -0.39 is 46.2 Å². The van der Waals surface area contributed by atoms with Gasteiger partial charge in [0.05, 0.1) is 4.90 Å². The molecule has 0 aliphatic rings. The summed E-state index contributed by atoms with van der Waals surface area (Å²) in [7, 11) is -4.12. The molecule has 2 aromatic rings. The number of benzene rings is 2. The first-order valence-electron chi connectivity index (χ1n) is 7.68. The smallest absolute Gasteiger partial charge is 0.321 e. The van der Waals surface area contributed by atoms with Gasteiger partial charge < -0.3 is 10.1 Å². The number of rotatable bonds is 7. The maximum absolute atomic E-state index is 13.1. The molecule has 0 aliphatic heterocycles. The van der Waals surface area contributed by atoms with Crippen LogP contribution in [0.2, 0.25) is 0 Å². The number of ether oxygens (including phenoxy) is 1. The Balaban J connectivity index is 1.88. The monoisotopic (exact) mass is 398 g/mol. The number of nitrogens with one attached hydrogen (secondary N) is 2. The Morgan fingerprint density at radius 1 is 1.07 bits per heavy atom. The zero-order valence-corrected chi connectivity index (χ0v) is 14.9. The topological polar surface area (TPSA) is 102 Å². The molecule has 2 rings (SSSR count). The van der Waals surface area contributed by atoms with Crippen molar-refractivity contribution in [2.75, 3.05) is 11.9 Å². The van der Waals surface area contributed by atoms with Crippen LogP contribution < -0.4 is 10.0 Å². The minimum atomic E-state index is -4.12. The maximum Gasteiger partial charge on any atom is 0.321 e. The van der Waals surface area contributed by atoms with Gasteiger partial charge >= 0.3 is 5.97 Å². The number of esters is 1. The molecule has 144 valence electrons. The number of halogens is 2. The average Bonchev–Trinajstić information content (AvgIpc) is 2.60. The van der Waals surface area contributed by atoms with E-state index in [2.05, 4.69) is 5.32 Å². The second-order valence-electron chi connectivity index (χ2n) is 5.41. The molecule has 7 nitrogen and oxygen atoms in total. The van der Waals surface area contributed by atoms with Gasteiger partial charge in [-0.1, -0.05) is 12.1 Å². The van der Waals surface area contributed by atoms with Crippen molar-refractivity contribution in [1.29, 1.82) is 0 Å². The molecular weight excluding hydrogens is 382 g/mol. The number of sulfonamides is 1. The first-order chi connectivity index (χ1) is 12.7. The predicted octanol–water partition coefficient (Wildman–Crippen LogP) is 1.81. The van der Waals surface area contributed by atoms with Crippen LogP contribution in [0.1, 0.15) is 6.92 Å². The van der Waals surface area contributed by atoms with Crippen molar-refractivity contribution in [2.24, 2.45) is 0 Å². The highest BCUT2D eigenvalue weighted by Crippen LogP contribution is 2.11. The van der Waals surface area contributed by atoms with Crippen LogP contribution in [0.5, 0.6) is 0 Å². The lowest BCUT2D eigenvalue weighted by Crippen LogP contribution is -2.35. The molecule has 0 bridgehead atoms. The van der Waals surface area contributed by atoms with Crippen molar-refractivity contribution < 1.29 is 31.5 Å². The summed E-state index contributed by atoms with van der Waals surface area (Å²) < 4.78 is 56.9. The molecule has 27 heavy (non-hydrogen) atoms. The molecule has 0 aliphatic carbocycles. The average molecular weight is 398 g/mol. The first kappa shape index (κ1) is 20.5. The predicted molar refractivity (Wildman–Crippen MR) is 92.2 cm³/mol. The van der Waals surface area contributed by atoms with Crippen LogP contribution in [0.25, 0.3) is 0 Å². The Labute approximate surface area is 154 Å². The molecule has 0 unspecified atom stereocenters. The molecule has 0 aromatic heterocycles. The largest absolute Gasteiger partial charge is 0.452 e. The van der Waals surface area contributed by atoms with Gasteiger partial charge in [0, 0.05) is 5.69 Å². The van der Waals surface area contributed by atoms with E-state index in [4.69, 9.17) is 4.74 Å². The number of hydrogen-bond acceptors (Lipinski definition) is 5. The molecular formula is C17H16F2N2O5S. The highest BCUT2D eigenvalue weighted by Gasteiger charge is 2.21. The fraction of sp³-hybridized carbons (Fsp3) is 0.176. The SMILES string of the molecule is C[C@@H](OC(=O)CNS(=O)(=O)c1cccc(F)c1)C(=O)Nc1cccc(F)c1. The van der Waals surface area contributed by atoms with Gasteiger partial charge in [-0.05, 0) is 43.3 Å². The second-order valence-corrected chi connectivity index (χ2v) is 7.18. The number of anilines is 1. The summed E-state index contributed by atoms with van der Waals surface area (Å²) in [5.74, 6) is -3.04. The summed E-state index contributed by atoms with van der Waals surface area (Å²) >= 11 is 0. The van der Waals surface area contributed by atoms with Crippen molar-refractivity contribution in [1.82, 2.24) is 4.72 Å². The van der Waals surface area contributed by atoms with E-state index in [0.717, 1.165) is 24.3 Å². The molecule has 0 saturated carbocycles. The summed E-state index contributed by atoms with van der Waals surface area (Å²) in [6.07, 6.45) is -1.25. The lowest BCUT2D eigenvalue weighted by atomic mass is 10.3. The van der Waals surface area contributed by atoms with Crippen LogP contribution >= 0.6 is 0 Å². The Hall–Kier alpha value is -2.85. The van der Waals surface area contributed by atoms with E-state index in [-0.39, 0.29) is 10.6 Å². The third-order valence-corrected chi connectivity index (χ3v) is 4.68. The van der Waals surface area contributed by atoms with Crippen LogP contribution in [0, 0.1) is 11.6 Å². The Kier molecular flexibility index (Phi) is 6.59. The molecule has 0 heterocycles.